The van der Waals surface area contributed by atoms with Crippen molar-refractivity contribution in [3.8, 4) is 11.1 Å². The molecule has 0 unspecified atom stereocenters. The minimum atomic E-state index is -0.751. The van der Waals surface area contributed by atoms with Gasteiger partial charge in [0.05, 0.1) is 6.61 Å². The molecule has 0 bridgehead atoms. The molecule has 4 heteroatoms. The summed E-state index contributed by atoms with van der Waals surface area (Å²) in [4.78, 5) is 18.2. The lowest BCUT2D eigenvalue weighted by Crippen LogP contribution is -2.42. The number of likely N-dealkylation sites (N-methyl/N-ethyl adjacent to an activating group) is 1. The van der Waals surface area contributed by atoms with E-state index in [0.717, 1.165) is 22.3 Å². The molecule has 0 atom stereocenters. The average molecular weight is 307 g/mol. The lowest BCUT2D eigenvalue weighted by molar-refractivity contribution is -0.142. The summed E-state index contributed by atoms with van der Waals surface area (Å²) in [5.41, 5.74) is 4.09. The molecule has 0 fully saturated rings. The lowest BCUT2D eigenvalue weighted by atomic mass is 9.81. The summed E-state index contributed by atoms with van der Waals surface area (Å²) in [6.07, 6.45) is 1.51. The average Bonchev–Trinajstić information content (AvgIpc) is 3.07. The van der Waals surface area contributed by atoms with Gasteiger partial charge < -0.3 is 9.57 Å². The van der Waals surface area contributed by atoms with Crippen molar-refractivity contribution >= 4 is 5.97 Å². The van der Waals surface area contributed by atoms with Gasteiger partial charge in [-0.05, 0) is 29.2 Å². The van der Waals surface area contributed by atoms with E-state index in [-0.39, 0.29) is 5.97 Å². The second kappa shape index (κ2) is 4.96. The number of rotatable bonds is 2. The van der Waals surface area contributed by atoms with Gasteiger partial charge >= 0.3 is 5.97 Å². The van der Waals surface area contributed by atoms with Crippen LogP contribution in [-0.2, 0) is 19.9 Å². The standard InChI is InChI=1S/C19H17NO3/c1-3-22-18(21)17-12-23-20(2)19(17)15-10-6-4-8-13(15)14-9-5-7-11-16(14)19/h4-12H,3H2,1-2H3. The van der Waals surface area contributed by atoms with E-state index in [0.29, 0.717) is 12.2 Å². The third kappa shape index (κ3) is 1.67. The van der Waals surface area contributed by atoms with Crippen LogP contribution < -0.4 is 0 Å². The fourth-order valence-electron chi connectivity index (χ4n) is 3.71. The fourth-order valence-corrected chi connectivity index (χ4v) is 3.71. The van der Waals surface area contributed by atoms with E-state index in [1.807, 2.05) is 43.4 Å². The maximum Gasteiger partial charge on any atom is 0.339 e. The zero-order valence-electron chi connectivity index (χ0n) is 13.1. The molecule has 4 rings (SSSR count). The van der Waals surface area contributed by atoms with Crippen molar-refractivity contribution in [2.45, 2.75) is 12.5 Å². The normalized spacial score (nSPS) is 17.4. The Morgan fingerprint density at radius 3 is 2.22 bits per heavy atom. The Kier molecular flexibility index (Phi) is 3.03. The molecule has 2 aromatic carbocycles. The highest BCUT2D eigenvalue weighted by atomic mass is 16.7. The number of hydrogen-bond donors (Lipinski definition) is 0. The maximum atomic E-state index is 12.6. The minimum absolute atomic E-state index is 0.333. The van der Waals surface area contributed by atoms with E-state index < -0.39 is 5.54 Å². The van der Waals surface area contributed by atoms with Crippen molar-refractivity contribution in [2.24, 2.45) is 0 Å². The number of hydrogen-bond acceptors (Lipinski definition) is 4. The zero-order chi connectivity index (χ0) is 16.0. The van der Waals surface area contributed by atoms with Gasteiger partial charge in [-0.1, -0.05) is 48.5 Å². The number of esters is 1. The molecule has 0 radical (unpaired) electrons. The molecule has 0 aromatic heterocycles. The number of carbonyl (C=O) groups is 1. The molecule has 116 valence electrons. The van der Waals surface area contributed by atoms with Crippen LogP contribution in [0.3, 0.4) is 0 Å². The van der Waals surface area contributed by atoms with Gasteiger partial charge in [-0.2, -0.15) is 0 Å². The van der Waals surface area contributed by atoms with Gasteiger partial charge in [0.1, 0.15) is 17.4 Å². The van der Waals surface area contributed by atoms with Crippen LogP contribution in [0, 0.1) is 0 Å². The van der Waals surface area contributed by atoms with Crippen molar-refractivity contribution < 1.29 is 14.4 Å². The lowest BCUT2D eigenvalue weighted by Gasteiger charge is -2.33. The molecule has 0 saturated carbocycles. The van der Waals surface area contributed by atoms with Gasteiger partial charge in [0.15, 0.2) is 0 Å². The molecule has 2 aliphatic rings. The van der Waals surface area contributed by atoms with Crippen LogP contribution in [0.2, 0.25) is 0 Å². The highest BCUT2D eigenvalue weighted by Crippen LogP contribution is 2.56. The van der Waals surface area contributed by atoms with Crippen molar-refractivity contribution in [1.29, 1.82) is 0 Å². The fraction of sp³-hybridized carbons (Fsp3) is 0.211. The summed E-state index contributed by atoms with van der Waals surface area (Å²) in [5, 5.41) is 1.74. The van der Waals surface area contributed by atoms with Crippen LogP contribution in [0.15, 0.2) is 60.4 Å². The monoisotopic (exact) mass is 307 g/mol. The Hall–Kier alpha value is -2.59. The number of hydroxylamine groups is 2. The molecule has 0 amide bonds. The van der Waals surface area contributed by atoms with E-state index in [2.05, 4.69) is 12.1 Å². The Balaban J connectivity index is 2.02. The topological polar surface area (TPSA) is 38.8 Å². The highest BCUT2D eigenvalue weighted by molar-refractivity contribution is 5.97. The molecular weight excluding hydrogens is 290 g/mol. The number of carbonyl (C=O) groups excluding carboxylic acids is 1. The first-order valence-electron chi connectivity index (χ1n) is 7.69. The second-order valence-corrected chi connectivity index (χ2v) is 5.66. The predicted molar refractivity (Wildman–Crippen MR) is 86.2 cm³/mol. The summed E-state index contributed by atoms with van der Waals surface area (Å²) in [6.45, 7) is 2.14. The molecule has 23 heavy (non-hydrogen) atoms. The van der Waals surface area contributed by atoms with Crippen LogP contribution in [0.5, 0.6) is 0 Å². The third-order valence-corrected chi connectivity index (χ3v) is 4.61. The van der Waals surface area contributed by atoms with E-state index in [9.17, 15) is 4.79 Å². The Labute approximate surface area is 134 Å². The smallest absolute Gasteiger partial charge is 0.339 e. The van der Waals surface area contributed by atoms with Gasteiger partial charge in [-0.3, -0.25) is 0 Å². The van der Waals surface area contributed by atoms with Gasteiger partial charge in [0.25, 0.3) is 0 Å². The van der Waals surface area contributed by atoms with Crippen LogP contribution in [0.1, 0.15) is 18.1 Å². The molecule has 1 aliphatic heterocycles. The van der Waals surface area contributed by atoms with Crippen LogP contribution in [0.4, 0.5) is 0 Å². The Bertz CT molecular complexity index is 779. The van der Waals surface area contributed by atoms with E-state index in [4.69, 9.17) is 9.57 Å². The summed E-state index contributed by atoms with van der Waals surface area (Å²) < 4.78 is 5.28. The van der Waals surface area contributed by atoms with Gasteiger partial charge in [0, 0.05) is 7.05 Å². The summed E-state index contributed by atoms with van der Waals surface area (Å²) in [6, 6.07) is 16.3. The molecule has 1 spiro atoms. The first-order valence-corrected chi connectivity index (χ1v) is 7.69. The number of fused-ring (bicyclic) bond motifs is 5. The maximum absolute atomic E-state index is 12.6. The second-order valence-electron chi connectivity index (χ2n) is 5.66. The molecule has 2 aromatic rings. The summed E-state index contributed by atoms with van der Waals surface area (Å²) >= 11 is 0. The number of nitrogens with zero attached hydrogens (tertiary/aromatic N) is 1. The SMILES string of the molecule is CCOC(=O)C1=CON(C)C12c1ccccc1-c1ccccc12. The van der Waals surface area contributed by atoms with E-state index >= 15 is 0 Å². The molecule has 0 saturated heterocycles. The van der Waals surface area contributed by atoms with Crippen LogP contribution in [-0.4, -0.2) is 24.7 Å². The molecular formula is C19H17NO3. The molecule has 1 heterocycles. The van der Waals surface area contributed by atoms with Crippen molar-refractivity contribution in [1.82, 2.24) is 5.06 Å². The zero-order valence-corrected chi connectivity index (χ0v) is 13.1. The number of benzene rings is 2. The van der Waals surface area contributed by atoms with E-state index in [1.165, 1.54) is 6.26 Å². The van der Waals surface area contributed by atoms with Gasteiger partial charge in [0.2, 0.25) is 0 Å². The molecule has 1 aliphatic carbocycles. The van der Waals surface area contributed by atoms with Gasteiger partial charge in [-0.25, -0.2) is 4.79 Å². The Morgan fingerprint density at radius 1 is 1.09 bits per heavy atom. The summed E-state index contributed by atoms with van der Waals surface area (Å²) in [5.74, 6) is -0.344. The highest BCUT2D eigenvalue weighted by Gasteiger charge is 2.56. The van der Waals surface area contributed by atoms with Crippen molar-refractivity contribution in [3.05, 3.63) is 71.5 Å². The third-order valence-electron chi connectivity index (χ3n) is 4.61. The largest absolute Gasteiger partial charge is 0.462 e. The molecule has 4 nitrogen and oxygen atoms in total. The predicted octanol–water partition coefficient (Wildman–Crippen LogP) is 3.23. The first-order chi connectivity index (χ1) is 11.2. The molecule has 0 N–H and O–H groups in total. The Morgan fingerprint density at radius 2 is 1.65 bits per heavy atom. The first kappa shape index (κ1) is 14.0. The van der Waals surface area contributed by atoms with E-state index in [1.54, 1.807) is 12.0 Å². The van der Waals surface area contributed by atoms with Crippen LogP contribution >= 0.6 is 0 Å². The summed E-state index contributed by atoms with van der Waals surface area (Å²) in [7, 11) is 1.85. The van der Waals surface area contributed by atoms with Crippen molar-refractivity contribution in [3.63, 3.8) is 0 Å². The number of ether oxygens (including phenoxy) is 1. The van der Waals surface area contributed by atoms with Gasteiger partial charge in [-0.15, -0.1) is 5.06 Å². The van der Waals surface area contributed by atoms with Crippen molar-refractivity contribution in [2.75, 3.05) is 13.7 Å². The quantitative estimate of drug-likeness (QED) is 0.799. The van der Waals surface area contributed by atoms with Crippen LogP contribution in [0.25, 0.3) is 11.1 Å². The minimum Gasteiger partial charge on any atom is -0.462 e.